The topological polar surface area (TPSA) is 98.8 Å². The van der Waals surface area contributed by atoms with E-state index in [1.807, 2.05) is 0 Å². The summed E-state index contributed by atoms with van der Waals surface area (Å²) in [5.41, 5.74) is 0.509. The second-order valence-corrected chi connectivity index (χ2v) is 5.14. The largest absolute Gasteiger partial charge is 0.546 e. The lowest BCUT2D eigenvalue weighted by Gasteiger charge is -2.27. The maximum Gasteiger partial charge on any atom is 0.265 e. The van der Waals surface area contributed by atoms with E-state index in [0.717, 1.165) is 0 Å². The number of ether oxygens (including phenoxy) is 1. The third kappa shape index (κ3) is 4.05. The van der Waals surface area contributed by atoms with E-state index in [1.165, 1.54) is 29.2 Å². The van der Waals surface area contributed by atoms with Gasteiger partial charge in [-0.3, -0.25) is 19.8 Å². The van der Waals surface area contributed by atoms with Crippen molar-refractivity contribution < 1.29 is 24.2 Å². The van der Waals surface area contributed by atoms with Crippen molar-refractivity contribution in [2.75, 3.05) is 13.2 Å². The molecule has 124 valence electrons. The predicted octanol–water partition coefficient (Wildman–Crippen LogP) is -0.372. The lowest BCUT2D eigenvalue weighted by Crippen LogP contribution is -2.53. The third-order valence-electron chi connectivity index (χ3n) is 3.05. The molecule has 1 heterocycles. The molecule has 1 aromatic carbocycles. The van der Waals surface area contributed by atoms with Crippen molar-refractivity contribution in [1.29, 1.82) is 0 Å². The molecule has 7 nitrogen and oxygen atoms in total. The Balaban J connectivity index is 2.20. The van der Waals surface area contributed by atoms with Crippen LogP contribution >= 0.6 is 12.2 Å². The Hall–Kier alpha value is -3.00. The van der Waals surface area contributed by atoms with E-state index < -0.39 is 24.4 Å². The van der Waals surface area contributed by atoms with Gasteiger partial charge in [0.25, 0.3) is 11.8 Å². The number of thiocarbonyl (C=S) groups is 1. The molecular formula is C16H13N2O5S-. The first-order valence-corrected chi connectivity index (χ1v) is 7.25. The summed E-state index contributed by atoms with van der Waals surface area (Å²) in [6.45, 7) is 3.17. The first kappa shape index (κ1) is 17.4. The average Bonchev–Trinajstić information content (AvgIpc) is 2.54. The van der Waals surface area contributed by atoms with Crippen LogP contribution in [-0.4, -0.2) is 40.9 Å². The van der Waals surface area contributed by atoms with Gasteiger partial charge in [0.1, 0.15) is 17.9 Å². The molecule has 0 atom stereocenters. The standard InChI is InChI=1S/C16H14N2O5S/c1-2-7-18-15(22)12(14(21)17-16(18)24)8-10-3-5-11(6-4-10)23-9-13(19)20/h2-6,8H,1,7,9H2,(H,19,20)(H,17,21,24)/p-1/b12-8-. The van der Waals surface area contributed by atoms with Crippen molar-refractivity contribution in [3.8, 4) is 5.75 Å². The summed E-state index contributed by atoms with van der Waals surface area (Å²) < 4.78 is 4.95. The quantitative estimate of drug-likeness (QED) is 0.327. The summed E-state index contributed by atoms with van der Waals surface area (Å²) in [4.78, 5) is 35.9. The van der Waals surface area contributed by atoms with E-state index in [1.54, 1.807) is 12.1 Å². The lowest BCUT2D eigenvalue weighted by molar-refractivity contribution is -0.307. The zero-order valence-corrected chi connectivity index (χ0v) is 13.3. The summed E-state index contributed by atoms with van der Waals surface area (Å²) >= 11 is 4.96. The Morgan fingerprint density at radius 1 is 1.33 bits per heavy atom. The zero-order valence-electron chi connectivity index (χ0n) is 12.5. The molecule has 0 aliphatic carbocycles. The number of nitrogens with zero attached hydrogens (tertiary/aromatic N) is 1. The summed E-state index contributed by atoms with van der Waals surface area (Å²) in [7, 11) is 0. The minimum atomic E-state index is -1.33. The molecule has 0 spiro atoms. The maximum absolute atomic E-state index is 12.3. The van der Waals surface area contributed by atoms with Crippen molar-refractivity contribution in [3.63, 3.8) is 0 Å². The Kier molecular flexibility index (Phi) is 5.43. The minimum Gasteiger partial charge on any atom is -0.546 e. The number of nitrogens with one attached hydrogen (secondary N) is 1. The fraction of sp³-hybridized carbons (Fsp3) is 0.125. The summed E-state index contributed by atoms with van der Waals surface area (Å²) in [6, 6.07) is 6.21. The van der Waals surface area contributed by atoms with Crippen molar-refractivity contribution in [2.45, 2.75) is 0 Å². The zero-order chi connectivity index (χ0) is 17.7. The minimum absolute atomic E-state index is 0.0353. The lowest BCUT2D eigenvalue weighted by atomic mass is 10.1. The molecule has 24 heavy (non-hydrogen) atoms. The SMILES string of the molecule is C=CCN1C(=O)/C(=C\c2ccc(OCC(=O)[O-])cc2)C(=O)NC1=S. The van der Waals surface area contributed by atoms with Crippen molar-refractivity contribution in [2.24, 2.45) is 0 Å². The van der Waals surface area contributed by atoms with E-state index in [-0.39, 0.29) is 17.2 Å². The monoisotopic (exact) mass is 345 g/mol. The highest BCUT2D eigenvalue weighted by molar-refractivity contribution is 7.80. The highest BCUT2D eigenvalue weighted by Gasteiger charge is 2.32. The van der Waals surface area contributed by atoms with Gasteiger partial charge in [-0.2, -0.15) is 0 Å². The Morgan fingerprint density at radius 2 is 2.00 bits per heavy atom. The van der Waals surface area contributed by atoms with Gasteiger partial charge in [0.15, 0.2) is 5.11 Å². The van der Waals surface area contributed by atoms with Gasteiger partial charge in [0.2, 0.25) is 0 Å². The van der Waals surface area contributed by atoms with Gasteiger partial charge in [0.05, 0.1) is 5.97 Å². The van der Waals surface area contributed by atoms with Gasteiger partial charge < -0.3 is 14.6 Å². The number of carboxylic acid groups (broad SMARTS) is 1. The summed E-state index contributed by atoms with van der Waals surface area (Å²) in [6.07, 6.45) is 2.92. The first-order chi connectivity index (χ1) is 11.4. The molecule has 0 radical (unpaired) electrons. The number of aliphatic carboxylic acids is 1. The van der Waals surface area contributed by atoms with Crippen LogP contribution in [0.5, 0.6) is 5.75 Å². The second kappa shape index (κ2) is 7.51. The number of carbonyl (C=O) groups is 3. The van der Waals surface area contributed by atoms with Crippen LogP contribution in [0.2, 0.25) is 0 Å². The molecule has 1 aromatic rings. The molecule has 0 saturated carbocycles. The number of benzene rings is 1. The molecule has 0 unspecified atom stereocenters. The summed E-state index contributed by atoms with van der Waals surface area (Å²) in [5.74, 6) is -2.09. The van der Waals surface area contributed by atoms with Gasteiger partial charge in [-0.25, -0.2) is 0 Å². The number of amides is 2. The van der Waals surface area contributed by atoms with Crippen LogP contribution < -0.4 is 15.2 Å². The van der Waals surface area contributed by atoms with E-state index in [4.69, 9.17) is 17.0 Å². The molecule has 1 aliphatic rings. The maximum atomic E-state index is 12.3. The van der Waals surface area contributed by atoms with Gasteiger partial charge in [-0.15, -0.1) is 6.58 Å². The predicted molar refractivity (Wildman–Crippen MR) is 87.6 cm³/mol. The number of carbonyl (C=O) groups excluding carboxylic acids is 3. The van der Waals surface area contributed by atoms with Crippen LogP contribution in [0, 0.1) is 0 Å². The van der Waals surface area contributed by atoms with E-state index in [9.17, 15) is 19.5 Å². The van der Waals surface area contributed by atoms with Gasteiger partial charge in [0, 0.05) is 6.54 Å². The van der Waals surface area contributed by atoms with Gasteiger partial charge in [-0.1, -0.05) is 18.2 Å². The third-order valence-corrected chi connectivity index (χ3v) is 3.37. The Labute approximate surface area is 143 Å². The Bertz CT molecular complexity index is 739. The number of hydrogen-bond donors (Lipinski definition) is 1. The molecule has 0 bridgehead atoms. The van der Waals surface area contributed by atoms with Crippen LogP contribution in [0.15, 0.2) is 42.5 Å². The highest BCUT2D eigenvalue weighted by atomic mass is 32.1. The van der Waals surface area contributed by atoms with Crippen LogP contribution in [-0.2, 0) is 14.4 Å². The van der Waals surface area contributed by atoms with Crippen molar-refractivity contribution in [1.82, 2.24) is 10.2 Å². The van der Waals surface area contributed by atoms with Crippen LogP contribution in [0.1, 0.15) is 5.56 Å². The first-order valence-electron chi connectivity index (χ1n) is 6.85. The number of rotatable bonds is 6. The average molecular weight is 345 g/mol. The van der Waals surface area contributed by atoms with E-state index in [0.29, 0.717) is 11.3 Å². The molecule has 1 aliphatic heterocycles. The van der Waals surface area contributed by atoms with Gasteiger partial charge in [-0.05, 0) is 36.0 Å². The highest BCUT2D eigenvalue weighted by Crippen LogP contribution is 2.17. The molecule has 1 fully saturated rings. The smallest absolute Gasteiger partial charge is 0.265 e. The van der Waals surface area contributed by atoms with E-state index in [2.05, 4.69) is 11.9 Å². The van der Waals surface area contributed by atoms with Crippen LogP contribution in [0.4, 0.5) is 0 Å². The van der Waals surface area contributed by atoms with Crippen molar-refractivity contribution >= 4 is 41.2 Å². The molecule has 0 aromatic heterocycles. The van der Waals surface area contributed by atoms with Crippen molar-refractivity contribution in [3.05, 3.63) is 48.1 Å². The van der Waals surface area contributed by atoms with Crippen LogP contribution in [0.3, 0.4) is 0 Å². The molecular weight excluding hydrogens is 332 g/mol. The number of carboxylic acids is 1. The Morgan fingerprint density at radius 3 is 2.58 bits per heavy atom. The van der Waals surface area contributed by atoms with Crippen LogP contribution in [0.25, 0.3) is 6.08 Å². The molecule has 1 saturated heterocycles. The molecule has 1 N–H and O–H groups in total. The fourth-order valence-electron chi connectivity index (χ4n) is 1.96. The summed E-state index contributed by atoms with van der Waals surface area (Å²) in [5, 5.41) is 12.8. The molecule has 8 heteroatoms. The fourth-order valence-corrected chi connectivity index (χ4v) is 2.21. The van der Waals surface area contributed by atoms with E-state index >= 15 is 0 Å². The molecule has 2 amide bonds. The van der Waals surface area contributed by atoms with Gasteiger partial charge >= 0.3 is 0 Å². The second-order valence-electron chi connectivity index (χ2n) is 4.75. The normalized spacial score (nSPS) is 16.1. The number of hydrogen-bond acceptors (Lipinski definition) is 6. The molecule has 2 rings (SSSR count).